The Morgan fingerprint density at radius 1 is 1.06 bits per heavy atom. The van der Waals surface area contributed by atoms with Gasteiger partial charge in [0.2, 0.25) is 0 Å². The van der Waals surface area contributed by atoms with Crippen LogP contribution in [0, 0.1) is 0 Å². The van der Waals surface area contributed by atoms with Crippen LogP contribution in [0.2, 0.25) is 0 Å². The largest absolute Gasteiger partial charge is 0.308 e. The summed E-state index contributed by atoms with van der Waals surface area (Å²) in [6.45, 7) is 11.3. The van der Waals surface area contributed by atoms with Gasteiger partial charge in [-0.05, 0) is 25.7 Å². The molecule has 1 heterocycles. The normalized spacial score (nSPS) is 23.8. The topological polar surface area (TPSA) is 15.3 Å². The van der Waals surface area contributed by atoms with E-state index in [1.165, 1.54) is 0 Å². The second kappa shape index (κ2) is 6.14. The molecule has 1 saturated heterocycles. The van der Waals surface area contributed by atoms with E-state index in [2.05, 4.69) is 37.9 Å². The molecule has 3 heteroatoms. The molecule has 0 spiro atoms. The van der Waals surface area contributed by atoms with Gasteiger partial charge in [-0.25, -0.2) is 4.39 Å². The van der Waals surface area contributed by atoms with Crippen LogP contribution in [-0.2, 0) is 0 Å². The zero-order valence-electron chi connectivity index (χ0n) is 12.0. The van der Waals surface area contributed by atoms with Crippen molar-refractivity contribution in [2.45, 2.75) is 64.5 Å². The highest BCUT2D eigenvalue weighted by Crippen LogP contribution is 2.32. The van der Waals surface area contributed by atoms with Gasteiger partial charge in [0.05, 0.1) is 0 Å². The molecule has 1 aliphatic rings. The molecule has 1 rings (SSSR count). The van der Waals surface area contributed by atoms with Crippen molar-refractivity contribution in [1.29, 1.82) is 0 Å². The van der Waals surface area contributed by atoms with Crippen LogP contribution in [-0.4, -0.2) is 42.3 Å². The lowest BCUT2D eigenvalue weighted by Crippen LogP contribution is -2.69. The molecule has 0 amide bonds. The summed E-state index contributed by atoms with van der Waals surface area (Å²) in [6.07, 6.45) is 4.44. The van der Waals surface area contributed by atoms with Crippen LogP contribution in [0.5, 0.6) is 0 Å². The molecule has 0 saturated carbocycles. The summed E-state index contributed by atoms with van der Waals surface area (Å²) in [4.78, 5) is 2.40. The molecular weight excluding hydrogens is 215 g/mol. The zero-order valence-corrected chi connectivity index (χ0v) is 12.0. The van der Waals surface area contributed by atoms with E-state index in [0.717, 1.165) is 38.8 Å². The predicted molar refractivity (Wildman–Crippen MR) is 72.2 cm³/mol. The number of rotatable bonds is 6. The van der Waals surface area contributed by atoms with E-state index < -0.39 is 0 Å². The lowest BCUT2D eigenvalue weighted by atomic mass is 9.80. The Labute approximate surface area is 106 Å². The molecule has 102 valence electrons. The van der Waals surface area contributed by atoms with Crippen molar-refractivity contribution in [1.82, 2.24) is 10.2 Å². The van der Waals surface area contributed by atoms with E-state index >= 15 is 0 Å². The summed E-state index contributed by atoms with van der Waals surface area (Å²) < 4.78 is 12.8. The van der Waals surface area contributed by atoms with Gasteiger partial charge < -0.3 is 5.32 Å². The SMILES string of the molecule is CCC1(CC)CN(CCF)C(CC)(CC)CN1. The first kappa shape index (κ1) is 14.9. The smallest absolute Gasteiger partial charge is 0.102 e. The molecule has 1 aliphatic heterocycles. The molecule has 0 atom stereocenters. The number of hydrogen-bond donors (Lipinski definition) is 1. The minimum Gasteiger partial charge on any atom is -0.308 e. The van der Waals surface area contributed by atoms with Crippen molar-refractivity contribution < 1.29 is 4.39 Å². The molecule has 17 heavy (non-hydrogen) atoms. The van der Waals surface area contributed by atoms with Gasteiger partial charge in [-0.3, -0.25) is 4.90 Å². The van der Waals surface area contributed by atoms with Gasteiger partial charge in [0.1, 0.15) is 6.67 Å². The summed E-state index contributed by atoms with van der Waals surface area (Å²) in [6, 6.07) is 0. The Morgan fingerprint density at radius 3 is 2.06 bits per heavy atom. The first-order chi connectivity index (χ1) is 8.12. The Kier molecular flexibility index (Phi) is 5.39. The fourth-order valence-electron chi connectivity index (χ4n) is 3.14. The van der Waals surface area contributed by atoms with Gasteiger partial charge >= 0.3 is 0 Å². The van der Waals surface area contributed by atoms with Crippen molar-refractivity contribution in [2.24, 2.45) is 0 Å². The van der Waals surface area contributed by atoms with Crippen LogP contribution in [0.1, 0.15) is 53.4 Å². The highest BCUT2D eigenvalue weighted by atomic mass is 19.1. The Bertz CT molecular complexity index is 222. The number of hydrogen-bond acceptors (Lipinski definition) is 2. The molecule has 0 aromatic heterocycles. The van der Waals surface area contributed by atoms with Gasteiger partial charge in [0.15, 0.2) is 0 Å². The average molecular weight is 244 g/mol. The number of alkyl halides is 1. The minimum atomic E-state index is -0.231. The maximum absolute atomic E-state index is 12.8. The molecular formula is C14H29FN2. The highest BCUT2D eigenvalue weighted by Gasteiger charge is 2.43. The van der Waals surface area contributed by atoms with Crippen molar-refractivity contribution in [2.75, 3.05) is 26.3 Å². The maximum atomic E-state index is 12.8. The maximum Gasteiger partial charge on any atom is 0.102 e. The standard InChI is InChI=1S/C14H29FN2/c1-5-13(6-2)12-17(10-9-15)14(7-3,8-4)11-16-13/h16H,5-12H2,1-4H3. The Balaban J connectivity index is 2.86. The molecule has 1 N–H and O–H groups in total. The van der Waals surface area contributed by atoms with Crippen LogP contribution in [0.3, 0.4) is 0 Å². The number of nitrogens with zero attached hydrogens (tertiary/aromatic N) is 1. The van der Waals surface area contributed by atoms with Crippen LogP contribution < -0.4 is 5.32 Å². The van der Waals surface area contributed by atoms with Crippen LogP contribution in [0.25, 0.3) is 0 Å². The summed E-state index contributed by atoms with van der Waals surface area (Å²) in [7, 11) is 0. The lowest BCUT2D eigenvalue weighted by molar-refractivity contribution is -0.00799. The van der Waals surface area contributed by atoms with Gasteiger partial charge in [0.25, 0.3) is 0 Å². The fourth-order valence-corrected chi connectivity index (χ4v) is 3.14. The molecule has 0 aromatic rings. The molecule has 1 fully saturated rings. The van der Waals surface area contributed by atoms with E-state index in [1.54, 1.807) is 0 Å². The fraction of sp³-hybridized carbons (Fsp3) is 1.00. The van der Waals surface area contributed by atoms with Crippen LogP contribution in [0.4, 0.5) is 4.39 Å². The third kappa shape index (κ3) is 2.82. The van der Waals surface area contributed by atoms with Gasteiger partial charge in [0, 0.05) is 30.7 Å². The average Bonchev–Trinajstić information content (AvgIpc) is 2.39. The zero-order chi connectivity index (χ0) is 12.9. The third-order valence-corrected chi connectivity index (χ3v) is 4.98. The summed E-state index contributed by atoms with van der Waals surface area (Å²) >= 11 is 0. The number of halogens is 1. The summed E-state index contributed by atoms with van der Waals surface area (Å²) in [5, 5.41) is 3.75. The lowest BCUT2D eigenvalue weighted by Gasteiger charge is -2.54. The molecule has 2 nitrogen and oxygen atoms in total. The predicted octanol–water partition coefficient (Wildman–Crippen LogP) is 2.98. The molecule has 0 aromatic carbocycles. The van der Waals surface area contributed by atoms with E-state index in [1.807, 2.05) is 0 Å². The van der Waals surface area contributed by atoms with E-state index in [9.17, 15) is 4.39 Å². The first-order valence-corrected chi connectivity index (χ1v) is 7.18. The molecule has 0 unspecified atom stereocenters. The van der Waals surface area contributed by atoms with E-state index in [-0.39, 0.29) is 17.8 Å². The van der Waals surface area contributed by atoms with E-state index in [4.69, 9.17) is 0 Å². The Morgan fingerprint density at radius 2 is 1.65 bits per heavy atom. The van der Waals surface area contributed by atoms with E-state index in [0.29, 0.717) is 6.54 Å². The first-order valence-electron chi connectivity index (χ1n) is 7.18. The molecule has 0 bridgehead atoms. The second-order valence-electron chi connectivity index (χ2n) is 5.38. The van der Waals surface area contributed by atoms with Gasteiger partial charge in [-0.15, -0.1) is 0 Å². The van der Waals surface area contributed by atoms with Crippen molar-refractivity contribution >= 4 is 0 Å². The molecule has 0 radical (unpaired) electrons. The summed E-state index contributed by atoms with van der Waals surface area (Å²) in [5.74, 6) is 0. The third-order valence-electron chi connectivity index (χ3n) is 4.98. The van der Waals surface area contributed by atoms with Crippen LogP contribution >= 0.6 is 0 Å². The quantitative estimate of drug-likeness (QED) is 0.773. The van der Waals surface area contributed by atoms with Crippen molar-refractivity contribution in [3.63, 3.8) is 0 Å². The van der Waals surface area contributed by atoms with Crippen LogP contribution in [0.15, 0.2) is 0 Å². The van der Waals surface area contributed by atoms with Gasteiger partial charge in [-0.2, -0.15) is 0 Å². The minimum absolute atomic E-state index is 0.167. The number of nitrogens with one attached hydrogen (secondary N) is 1. The van der Waals surface area contributed by atoms with Crippen molar-refractivity contribution in [3.05, 3.63) is 0 Å². The second-order valence-corrected chi connectivity index (χ2v) is 5.38. The Hall–Kier alpha value is -0.150. The monoisotopic (exact) mass is 244 g/mol. The van der Waals surface area contributed by atoms with Crippen molar-refractivity contribution in [3.8, 4) is 0 Å². The number of piperazine rings is 1. The summed E-state index contributed by atoms with van der Waals surface area (Å²) in [5.41, 5.74) is 0.364. The van der Waals surface area contributed by atoms with Gasteiger partial charge in [-0.1, -0.05) is 27.7 Å². The highest BCUT2D eigenvalue weighted by molar-refractivity contribution is 5.03. The molecule has 0 aliphatic carbocycles.